The fraction of sp³-hybridized carbons (Fsp3) is 0.0417. The van der Waals surface area contributed by atoms with Crippen LogP contribution in [-0.4, -0.2) is 15.4 Å². The van der Waals surface area contributed by atoms with Gasteiger partial charge in [0.1, 0.15) is 15.7 Å². The summed E-state index contributed by atoms with van der Waals surface area (Å²) in [6.45, 7) is 0. The molecule has 0 aliphatic heterocycles. The van der Waals surface area contributed by atoms with E-state index in [4.69, 9.17) is 20.7 Å². The summed E-state index contributed by atoms with van der Waals surface area (Å²) in [5.74, 6) is 1.29. The molecular formula is C24H19N5S2. The molecule has 5 aromatic rings. The Kier molecular flexibility index (Phi) is 5.19. The maximum absolute atomic E-state index is 6.46. The number of nitrogens with zero attached hydrogens (tertiary/aromatic N) is 4. The zero-order valence-corrected chi connectivity index (χ0v) is 18.4. The molecule has 0 radical (unpaired) electrons. The van der Waals surface area contributed by atoms with Crippen molar-refractivity contribution >= 4 is 50.2 Å². The van der Waals surface area contributed by atoms with Crippen molar-refractivity contribution < 1.29 is 0 Å². The number of aliphatic imine (C=N–C) groups is 1. The molecule has 0 bridgehead atoms. The minimum absolute atomic E-state index is 0.638. The number of amidine groups is 1. The van der Waals surface area contributed by atoms with Crippen molar-refractivity contribution in [2.75, 3.05) is 5.73 Å². The third-order valence-electron chi connectivity index (χ3n) is 4.79. The molecule has 2 heterocycles. The van der Waals surface area contributed by atoms with Crippen molar-refractivity contribution in [3.63, 3.8) is 0 Å². The summed E-state index contributed by atoms with van der Waals surface area (Å²) in [5, 5.41) is 0.905. The first-order valence-electron chi connectivity index (χ1n) is 9.74. The summed E-state index contributed by atoms with van der Waals surface area (Å²) in [5.41, 5.74) is 9.24. The molecule has 31 heavy (non-hydrogen) atoms. The first-order valence-corrected chi connectivity index (χ1v) is 11.4. The van der Waals surface area contributed by atoms with Gasteiger partial charge in [0, 0.05) is 12.6 Å². The molecule has 3 aromatic carbocycles. The Morgan fingerprint density at radius 1 is 0.871 bits per heavy atom. The fourth-order valence-electron chi connectivity index (χ4n) is 3.14. The Balaban J connectivity index is 1.66. The number of fused-ring (bicyclic) bond motifs is 1. The van der Waals surface area contributed by atoms with Crippen LogP contribution in [0, 0.1) is 0 Å². The average Bonchev–Trinajstić information content (AvgIpc) is 3.36. The number of benzene rings is 3. The molecule has 0 saturated heterocycles. The van der Waals surface area contributed by atoms with Crippen molar-refractivity contribution in [1.82, 2.24) is 9.55 Å². The largest absolute Gasteiger partial charge is 0.384 e. The maximum Gasteiger partial charge on any atom is 0.193 e. The van der Waals surface area contributed by atoms with Crippen LogP contribution in [0.2, 0.25) is 0 Å². The SMILES string of the molecule is Cn1c(N)c(-c2nc3ccccc3s2)sc1=NC(=Nc1ccccc1)c1ccccc1. The Morgan fingerprint density at radius 2 is 1.55 bits per heavy atom. The topological polar surface area (TPSA) is 68.6 Å². The lowest BCUT2D eigenvalue weighted by Gasteiger charge is -2.02. The quantitative estimate of drug-likeness (QED) is 0.291. The van der Waals surface area contributed by atoms with E-state index in [1.807, 2.05) is 90.5 Å². The fourth-order valence-corrected chi connectivity index (χ4v) is 5.23. The van der Waals surface area contributed by atoms with E-state index in [1.165, 1.54) is 11.3 Å². The second-order valence-corrected chi connectivity index (χ2v) is 8.90. The Morgan fingerprint density at radius 3 is 2.29 bits per heavy atom. The van der Waals surface area contributed by atoms with E-state index in [0.29, 0.717) is 11.7 Å². The van der Waals surface area contributed by atoms with E-state index in [2.05, 4.69) is 6.07 Å². The molecule has 0 spiro atoms. The number of nitrogens with two attached hydrogens (primary N) is 1. The highest BCUT2D eigenvalue weighted by Crippen LogP contribution is 2.35. The standard InChI is InChI=1S/C24H19N5S2/c1-29-21(25)20(23-27-18-14-8-9-15-19(18)30-23)31-24(29)28-22(16-10-4-2-5-11-16)26-17-12-6-3-7-13-17/h2-15H,25H2,1H3. The Labute approximate surface area is 187 Å². The van der Waals surface area contributed by atoms with Gasteiger partial charge in [-0.05, 0) is 24.3 Å². The van der Waals surface area contributed by atoms with Crippen molar-refractivity contribution in [3.05, 3.63) is 95.3 Å². The third-order valence-corrected chi connectivity index (χ3v) is 7.12. The molecule has 2 aromatic heterocycles. The highest BCUT2D eigenvalue weighted by Gasteiger charge is 2.15. The first-order chi connectivity index (χ1) is 15.2. The Hall–Kier alpha value is -3.55. The van der Waals surface area contributed by atoms with Gasteiger partial charge in [0.2, 0.25) is 0 Å². The zero-order chi connectivity index (χ0) is 21.2. The number of hydrogen-bond donors (Lipinski definition) is 1. The van der Waals surface area contributed by atoms with Crippen LogP contribution in [0.4, 0.5) is 11.5 Å². The van der Waals surface area contributed by atoms with Gasteiger partial charge in [-0.3, -0.25) is 0 Å². The van der Waals surface area contributed by atoms with Crippen LogP contribution in [-0.2, 0) is 7.05 Å². The van der Waals surface area contributed by atoms with Crippen molar-refractivity contribution in [1.29, 1.82) is 0 Å². The molecular weight excluding hydrogens is 422 g/mol. The lowest BCUT2D eigenvalue weighted by molar-refractivity contribution is 0.891. The summed E-state index contributed by atoms with van der Waals surface area (Å²) >= 11 is 3.16. The van der Waals surface area contributed by atoms with Gasteiger partial charge < -0.3 is 10.3 Å². The highest BCUT2D eigenvalue weighted by atomic mass is 32.1. The lowest BCUT2D eigenvalue weighted by Crippen LogP contribution is -2.15. The second-order valence-electron chi connectivity index (χ2n) is 6.89. The molecule has 0 amide bonds. The highest BCUT2D eigenvalue weighted by molar-refractivity contribution is 7.25. The number of thiazole rings is 2. The van der Waals surface area contributed by atoms with Gasteiger partial charge in [0.25, 0.3) is 0 Å². The predicted octanol–water partition coefficient (Wildman–Crippen LogP) is 5.62. The predicted molar refractivity (Wildman–Crippen MR) is 131 cm³/mol. The number of para-hydroxylation sites is 2. The first kappa shape index (κ1) is 19.4. The van der Waals surface area contributed by atoms with Gasteiger partial charge in [-0.15, -0.1) is 11.3 Å². The van der Waals surface area contributed by atoms with Crippen LogP contribution in [0.3, 0.4) is 0 Å². The zero-order valence-electron chi connectivity index (χ0n) is 16.8. The van der Waals surface area contributed by atoms with Crippen LogP contribution in [0.5, 0.6) is 0 Å². The summed E-state index contributed by atoms with van der Waals surface area (Å²) in [4.78, 5) is 16.2. The number of rotatable bonds is 3. The smallest absolute Gasteiger partial charge is 0.193 e. The summed E-state index contributed by atoms with van der Waals surface area (Å²) in [6, 6.07) is 27.9. The van der Waals surface area contributed by atoms with E-state index in [9.17, 15) is 0 Å². The van der Waals surface area contributed by atoms with Crippen LogP contribution in [0.1, 0.15) is 5.56 Å². The monoisotopic (exact) mass is 441 g/mol. The van der Waals surface area contributed by atoms with E-state index in [0.717, 1.165) is 36.2 Å². The van der Waals surface area contributed by atoms with Crippen LogP contribution >= 0.6 is 22.7 Å². The normalized spacial score (nSPS) is 12.5. The number of hydrogen-bond acceptors (Lipinski definition) is 5. The molecule has 0 aliphatic carbocycles. The summed E-state index contributed by atoms with van der Waals surface area (Å²) in [6.07, 6.45) is 0. The van der Waals surface area contributed by atoms with Gasteiger partial charge in [-0.25, -0.2) is 15.0 Å². The molecule has 0 fully saturated rings. The van der Waals surface area contributed by atoms with E-state index >= 15 is 0 Å². The molecule has 2 N–H and O–H groups in total. The molecule has 0 saturated carbocycles. The van der Waals surface area contributed by atoms with E-state index in [-0.39, 0.29) is 0 Å². The van der Waals surface area contributed by atoms with Gasteiger partial charge >= 0.3 is 0 Å². The lowest BCUT2D eigenvalue weighted by atomic mass is 10.2. The van der Waals surface area contributed by atoms with Gasteiger partial charge in [-0.2, -0.15) is 0 Å². The maximum atomic E-state index is 6.46. The molecule has 0 unspecified atom stereocenters. The van der Waals surface area contributed by atoms with Crippen molar-refractivity contribution in [2.45, 2.75) is 0 Å². The minimum Gasteiger partial charge on any atom is -0.384 e. The number of aromatic nitrogens is 2. The van der Waals surface area contributed by atoms with Crippen molar-refractivity contribution in [2.24, 2.45) is 17.0 Å². The average molecular weight is 442 g/mol. The van der Waals surface area contributed by atoms with Gasteiger partial charge in [0.15, 0.2) is 10.6 Å². The molecule has 0 aliphatic rings. The van der Waals surface area contributed by atoms with Crippen LogP contribution < -0.4 is 10.5 Å². The van der Waals surface area contributed by atoms with Crippen molar-refractivity contribution in [3.8, 4) is 9.88 Å². The minimum atomic E-state index is 0.638. The molecule has 5 nitrogen and oxygen atoms in total. The Bertz CT molecular complexity index is 1410. The van der Waals surface area contributed by atoms with E-state index in [1.54, 1.807) is 11.3 Å². The molecule has 0 atom stereocenters. The number of nitrogen functional groups attached to an aromatic ring is 1. The van der Waals surface area contributed by atoms with Gasteiger partial charge in [0.05, 0.1) is 15.9 Å². The van der Waals surface area contributed by atoms with Gasteiger partial charge in [-0.1, -0.05) is 72.0 Å². The number of anilines is 1. The molecule has 5 rings (SSSR count). The molecule has 7 heteroatoms. The third kappa shape index (κ3) is 3.93. The summed E-state index contributed by atoms with van der Waals surface area (Å²) < 4.78 is 3.04. The summed E-state index contributed by atoms with van der Waals surface area (Å²) in [7, 11) is 1.92. The van der Waals surface area contributed by atoms with E-state index < -0.39 is 0 Å². The molecule has 152 valence electrons. The second kappa shape index (κ2) is 8.29. The van der Waals surface area contributed by atoms with Crippen LogP contribution in [0.15, 0.2) is 94.9 Å². The van der Waals surface area contributed by atoms with Crippen LogP contribution in [0.25, 0.3) is 20.1 Å².